The maximum absolute atomic E-state index is 11.8. The maximum Gasteiger partial charge on any atom is 0.318 e. The molecule has 0 aliphatic carbocycles. The zero-order valence-electron chi connectivity index (χ0n) is 10.1. The number of rotatable bonds is 3. The normalized spacial score (nSPS) is 19.1. The predicted octanol–water partition coefficient (Wildman–Crippen LogP) is 1.91. The lowest BCUT2D eigenvalue weighted by molar-refractivity contribution is -0.149. The van der Waals surface area contributed by atoms with Crippen molar-refractivity contribution in [2.45, 2.75) is 6.92 Å². The summed E-state index contributed by atoms with van der Waals surface area (Å²) in [6.07, 6.45) is 0. The van der Waals surface area contributed by atoms with E-state index in [4.69, 9.17) is 16.3 Å². The average molecular weight is 268 g/mol. The van der Waals surface area contributed by atoms with Crippen LogP contribution in [0.2, 0.25) is 5.02 Å². The van der Waals surface area contributed by atoms with Crippen LogP contribution in [0.3, 0.4) is 0 Å². The number of carbonyl (C=O) groups excluding carboxylic acids is 2. The van der Waals surface area contributed by atoms with Gasteiger partial charge in [0, 0.05) is 6.54 Å². The van der Waals surface area contributed by atoms with Gasteiger partial charge in [0.05, 0.1) is 23.9 Å². The maximum atomic E-state index is 11.8. The van der Waals surface area contributed by atoms with E-state index in [-0.39, 0.29) is 18.9 Å². The van der Waals surface area contributed by atoms with E-state index in [0.29, 0.717) is 11.6 Å². The van der Waals surface area contributed by atoms with Gasteiger partial charge in [0.15, 0.2) is 5.78 Å². The fourth-order valence-corrected chi connectivity index (χ4v) is 2.28. The first kappa shape index (κ1) is 12.9. The smallest absolute Gasteiger partial charge is 0.318 e. The Hall–Kier alpha value is -1.55. The molecule has 4 nitrogen and oxygen atoms in total. The lowest BCUT2D eigenvalue weighted by atomic mass is 10.1. The van der Waals surface area contributed by atoms with Crippen LogP contribution < -0.4 is 4.90 Å². The second-order valence-electron chi connectivity index (χ2n) is 4.10. The molecule has 2 rings (SSSR count). The molecule has 0 amide bonds. The number of benzene rings is 1. The molecule has 0 bridgehead atoms. The van der Waals surface area contributed by atoms with Crippen LogP contribution in [0.15, 0.2) is 24.3 Å². The van der Waals surface area contributed by atoms with E-state index in [1.165, 1.54) is 0 Å². The van der Waals surface area contributed by atoms with Gasteiger partial charge in [0.2, 0.25) is 0 Å². The molecule has 96 valence electrons. The Labute approximate surface area is 110 Å². The number of esters is 1. The van der Waals surface area contributed by atoms with E-state index < -0.39 is 11.9 Å². The van der Waals surface area contributed by atoms with Crippen molar-refractivity contribution < 1.29 is 14.3 Å². The van der Waals surface area contributed by atoms with Gasteiger partial charge >= 0.3 is 5.97 Å². The largest absolute Gasteiger partial charge is 0.465 e. The number of ether oxygens (including phenoxy) is 1. The summed E-state index contributed by atoms with van der Waals surface area (Å²) in [5.74, 6) is -1.26. The molecule has 0 N–H and O–H groups in total. The molecule has 5 heteroatoms. The molecular formula is C13H14ClNO3. The molecule has 0 radical (unpaired) electrons. The van der Waals surface area contributed by atoms with Crippen LogP contribution in [0.5, 0.6) is 0 Å². The highest BCUT2D eigenvalue weighted by Crippen LogP contribution is 2.29. The molecule has 1 aliphatic rings. The van der Waals surface area contributed by atoms with Gasteiger partial charge in [0.25, 0.3) is 0 Å². The van der Waals surface area contributed by atoms with Crippen molar-refractivity contribution in [2.24, 2.45) is 5.92 Å². The van der Waals surface area contributed by atoms with Crippen molar-refractivity contribution in [1.29, 1.82) is 0 Å². The molecule has 0 spiro atoms. The van der Waals surface area contributed by atoms with E-state index in [1.54, 1.807) is 13.0 Å². The second kappa shape index (κ2) is 5.40. The Kier molecular flexibility index (Phi) is 3.87. The minimum atomic E-state index is -0.693. The van der Waals surface area contributed by atoms with Gasteiger partial charge in [-0.1, -0.05) is 23.7 Å². The highest BCUT2D eigenvalue weighted by atomic mass is 35.5. The van der Waals surface area contributed by atoms with Crippen LogP contribution >= 0.6 is 11.6 Å². The summed E-state index contributed by atoms with van der Waals surface area (Å²) in [6, 6.07) is 7.28. The lowest BCUT2D eigenvalue weighted by Gasteiger charge is -2.18. The Bertz CT molecular complexity index is 475. The van der Waals surface area contributed by atoms with Crippen molar-refractivity contribution in [3.8, 4) is 0 Å². The van der Waals surface area contributed by atoms with E-state index in [2.05, 4.69) is 0 Å². The Balaban J connectivity index is 2.14. The highest BCUT2D eigenvalue weighted by Gasteiger charge is 2.37. The summed E-state index contributed by atoms with van der Waals surface area (Å²) in [4.78, 5) is 25.2. The number of anilines is 1. The quantitative estimate of drug-likeness (QED) is 0.620. The van der Waals surface area contributed by atoms with Crippen molar-refractivity contribution in [2.75, 3.05) is 24.6 Å². The number of hydrogen-bond donors (Lipinski definition) is 0. The molecule has 0 aromatic heterocycles. The first-order valence-electron chi connectivity index (χ1n) is 5.82. The summed E-state index contributed by atoms with van der Waals surface area (Å²) in [7, 11) is 0. The Morgan fingerprint density at radius 1 is 1.50 bits per heavy atom. The molecule has 1 aliphatic heterocycles. The average Bonchev–Trinajstić information content (AvgIpc) is 2.72. The standard InChI is InChI=1S/C13H14ClNO3/c1-2-18-13(17)9-7-15(8-12(9)16)11-6-4-3-5-10(11)14/h3-6,9H,2,7-8H2,1H3. The van der Waals surface area contributed by atoms with E-state index in [1.807, 2.05) is 23.1 Å². The number of Topliss-reactive ketones (excluding diaryl/α,β-unsaturated/α-hetero) is 1. The molecule has 18 heavy (non-hydrogen) atoms. The van der Waals surface area contributed by atoms with Crippen LogP contribution in [0.25, 0.3) is 0 Å². The van der Waals surface area contributed by atoms with Crippen LogP contribution in [0.1, 0.15) is 6.92 Å². The van der Waals surface area contributed by atoms with Gasteiger partial charge < -0.3 is 9.64 Å². The fraction of sp³-hybridized carbons (Fsp3) is 0.385. The minimum Gasteiger partial charge on any atom is -0.465 e. The molecular weight excluding hydrogens is 254 g/mol. The number of para-hydroxylation sites is 1. The molecule has 1 unspecified atom stereocenters. The topological polar surface area (TPSA) is 46.6 Å². The molecule has 1 heterocycles. The van der Waals surface area contributed by atoms with Gasteiger partial charge in [-0.2, -0.15) is 0 Å². The first-order chi connectivity index (χ1) is 8.63. The van der Waals surface area contributed by atoms with Crippen molar-refractivity contribution in [3.63, 3.8) is 0 Å². The first-order valence-corrected chi connectivity index (χ1v) is 6.20. The summed E-state index contributed by atoms with van der Waals surface area (Å²) in [5, 5.41) is 0.579. The zero-order chi connectivity index (χ0) is 13.1. The molecule has 1 aromatic rings. The lowest BCUT2D eigenvalue weighted by Crippen LogP contribution is -2.25. The van der Waals surface area contributed by atoms with Gasteiger partial charge in [0.1, 0.15) is 5.92 Å². The van der Waals surface area contributed by atoms with Crippen LogP contribution in [-0.2, 0) is 14.3 Å². The number of ketones is 1. The zero-order valence-corrected chi connectivity index (χ0v) is 10.8. The van der Waals surface area contributed by atoms with Gasteiger partial charge in [-0.25, -0.2) is 0 Å². The summed E-state index contributed by atoms with van der Waals surface area (Å²) in [6.45, 7) is 2.55. The molecule has 1 aromatic carbocycles. The number of hydrogen-bond acceptors (Lipinski definition) is 4. The van der Waals surface area contributed by atoms with E-state index in [9.17, 15) is 9.59 Å². The van der Waals surface area contributed by atoms with Gasteiger partial charge in [-0.3, -0.25) is 9.59 Å². The third kappa shape index (κ3) is 2.48. The minimum absolute atomic E-state index is 0.117. The third-order valence-electron chi connectivity index (χ3n) is 2.90. The predicted molar refractivity (Wildman–Crippen MR) is 68.8 cm³/mol. The number of carbonyl (C=O) groups is 2. The fourth-order valence-electron chi connectivity index (χ4n) is 2.03. The second-order valence-corrected chi connectivity index (χ2v) is 4.51. The molecule has 0 saturated carbocycles. The van der Waals surface area contributed by atoms with Crippen molar-refractivity contribution >= 4 is 29.0 Å². The van der Waals surface area contributed by atoms with Crippen molar-refractivity contribution in [3.05, 3.63) is 29.3 Å². The summed E-state index contributed by atoms with van der Waals surface area (Å²) < 4.78 is 4.89. The van der Waals surface area contributed by atoms with Crippen LogP contribution in [0, 0.1) is 5.92 Å². The summed E-state index contributed by atoms with van der Waals surface area (Å²) in [5.41, 5.74) is 0.777. The number of nitrogens with zero attached hydrogens (tertiary/aromatic N) is 1. The molecule has 1 fully saturated rings. The Morgan fingerprint density at radius 2 is 2.22 bits per heavy atom. The molecule has 1 saturated heterocycles. The Morgan fingerprint density at radius 3 is 2.89 bits per heavy atom. The van der Waals surface area contributed by atoms with Crippen LogP contribution in [-0.4, -0.2) is 31.4 Å². The SMILES string of the molecule is CCOC(=O)C1CN(c2ccccc2Cl)CC1=O. The van der Waals surface area contributed by atoms with Crippen LogP contribution in [0.4, 0.5) is 5.69 Å². The van der Waals surface area contributed by atoms with E-state index >= 15 is 0 Å². The van der Waals surface area contributed by atoms with Crippen molar-refractivity contribution in [1.82, 2.24) is 0 Å². The highest BCUT2D eigenvalue weighted by molar-refractivity contribution is 6.33. The van der Waals surface area contributed by atoms with E-state index in [0.717, 1.165) is 5.69 Å². The van der Waals surface area contributed by atoms with Gasteiger partial charge in [-0.15, -0.1) is 0 Å². The number of halogens is 1. The summed E-state index contributed by atoms with van der Waals surface area (Å²) >= 11 is 6.07. The third-order valence-corrected chi connectivity index (χ3v) is 3.22. The van der Waals surface area contributed by atoms with Gasteiger partial charge in [-0.05, 0) is 19.1 Å². The molecule has 1 atom stereocenters. The monoisotopic (exact) mass is 267 g/mol.